The highest BCUT2D eigenvalue weighted by molar-refractivity contribution is 5.94. The SMILES string of the molecule is CNC1CCCN(C(=O)c2ccnc(-n3cncn3)c2)C1.Cl.Cl. The largest absolute Gasteiger partial charge is 0.337 e. The molecule has 7 nitrogen and oxygen atoms in total. The van der Waals surface area contributed by atoms with Gasteiger partial charge in [0, 0.05) is 30.9 Å². The fourth-order valence-corrected chi connectivity index (χ4v) is 2.58. The van der Waals surface area contributed by atoms with Crippen molar-refractivity contribution in [2.75, 3.05) is 20.1 Å². The zero-order valence-corrected chi connectivity index (χ0v) is 14.4. The van der Waals surface area contributed by atoms with Crippen molar-refractivity contribution < 1.29 is 4.79 Å². The summed E-state index contributed by atoms with van der Waals surface area (Å²) in [5.41, 5.74) is 0.632. The van der Waals surface area contributed by atoms with Gasteiger partial charge in [-0.2, -0.15) is 5.10 Å². The molecule has 2 aromatic rings. The van der Waals surface area contributed by atoms with E-state index in [-0.39, 0.29) is 30.7 Å². The first-order chi connectivity index (χ1) is 10.3. The number of hydrogen-bond donors (Lipinski definition) is 1. The first kappa shape index (κ1) is 19.3. The lowest BCUT2D eigenvalue weighted by Gasteiger charge is -2.32. The van der Waals surface area contributed by atoms with Crippen molar-refractivity contribution in [3.63, 3.8) is 0 Å². The molecule has 1 N–H and O–H groups in total. The molecule has 3 heterocycles. The zero-order valence-electron chi connectivity index (χ0n) is 12.8. The molecule has 0 bridgehead atoms. The number of nitrogens with one attached hydrogen (secondary N) is 1. The number of aromatic nitrogens is 4. The van der Waals surface area contributed by atoms with Crippen LogP contribution >= 0.6 is 24.8 Å². The van der Waals surface area contributed by atoms with Crippen molar-refractivity contribution in [1.29, 1.82) is 0 Å². The predicted molar refractivity (Wildman–Crippen MR) is 91.6 cm³/mol. The van der Waals surface area contributed by atoms with E-state index < -0.39 is 0 Å². The van der Waals surface area contributed by atoms with Gasteiger partial charge in [-0.15, -0.1) is 24.8 Å². The number of carbonyl (C=O) groups is 1. The summed E-state index contributed by atoms with van der Waals surface area (Å²) in [5, 5.41) is 7.28. The number of carbonyl (C=O) groups excluding carboxylic acids is 1. The molecule has 9 heteroatoms. The second kappa shape index (κ2) is 8.81. The van der Waals surface area contributed by atoms with Crippen LogP contribution in [0.25, 0.3) is 5.82 Å². The Morgan fingerprint density at radius 1 is 1.39 bits per heavy atom. The van der Waals surface area contributed by atoms with E-state index in [0.717, 1.165) is 25.9 Å². The summed E-state index contributed by atoms with van der Waals surface area (Å²) in [5.74, 6) is 0.638. The molecule has 126 valence electrons. The molecule has 1 fully saturated rings. The van der Waals surface area contributed by atoms with E-state index in [1.165, 1.54) is 6.33 Å². The van der Waals surface area contributed by atoms with Gasteiger partial charge in [-0.25, -0.2) is 14.6 Å². The van der Waals surface area contributed by atoms with Crippen LogP contribution in [0, 0.1) is 0 Å². The summed E-state index contributed by atoms with van der Waals surface area (Å²) in [6.07, 6.45) is 6.77. The van der Waals surface area contributed by atoms with Gasteiger partial charge in [0.15, 0.2) is 5.82 Å². The lowest BCUT2D eigenvalue weighted by Crippen LogP contribution is -2.47. The molecule has 1 saturated heterocycles. The number of pyridine rings is 1. The number of nitrogens with zero attached hydrogens (tertiary/aromatic N) is 5. The number of likely N-dealkylation sites (N-methyl/N-ethyl adjacent to an activating group) is 1. The molecular formula is C14H20Cl2N6O. The van der Waals surface area contributed by atoms with Crippen molar-refractivity contribution in [2.45, 2.75) is 18.9 Å². The molecule has 1 amide bonds. The first-order valence-corrected chi connectivity index (χ1v) is 7.05. The number of amides is 1. The standard InChI is InChI=1S/C14H18N6O.2ClH/c1-15-12-3-2-6-19(8-12)14(21)11-4-5-17-13(7-11)20-10-16-9-18-20;;/h4-5,7,9-10,12,15H,2-3,6,8H2,1H3;2*1H. The maximum atomic E-state index is 12.6. The third kappa shape index (κ3) is 4.40. The van der Waals surface area contributed by atoms with E-state index >= 15 is 0 Å². The van der Waals surface area contributed by atoms with Crippen LogP contribution in [0.1, 0.15) is 23.2 Å². The molecule has 0 aromatic carbocycles. The van der Waals surface area contributed by atoms with Gasteiger partial charge in [0.2, 0.25) is 0 Å². The van der Waals surface area contributed by atoms with Crippen LogP contribution in [0.2, 0.25) is 0 Å². The quantitative estimate of drug-likeness (QED) is 0.895. The van der Waals surface area contributed by atoms with Crippen molar-refractivity contribution >= 4 is 30.7 Å². The molecule has 3 rings (SSSR count). The summed E-state index contributed by atoms with van der Waals surface area (Å²) in [6.45, 7) is 1.55. The summed E-state index contributed by atoms with van der Waals surface area (Å²) < 4.78 is 1.55. The normalized spacial score (nSPS) is 17.1. The Labute approximate surface area is 147 Å². The van der Waals surface area contributed by atoms with Gasteiger partial charge in [0.25, 0.3) is 5.91 Å². The van der Waals surface area contributed by atoms with Crippen LogP contribution in [-0.2, 0) is 0 Å². The highest BCUT2D eigenvalue weighted by atomic mass is 35.5. The highest BCUT2D eigenvalue weighted by Gasteiger charge is 2.23. The van der Waals surface area contributed by atoms with Crippen molar-refractivity contribution in [3.05, 3.63) is 36.5 Å². The third-order valence-electron chi connectivity index (χ3n) is 3.76. The summed E-state index contributed by atoms with van der Waals surface area (Å²) in [6, 6.07) is 3.87. The maximum Gasteiger partial charge on any atom is 0.254 e. The van der Waals surface area contributed by atoms with Crippen LogP contribution in [0.3, 0.4) is 0 Å². The molecule has 1 atom stereocenters. The Bertz CT molecular complexity index is 621. The molecule has 23 heavy (non-hydrogen) atoms. The molecule has 1 unspecified atom stereocenters. The van der Waals surface area contributed by atoms with Gasteiger partial charge in [-0.1, -0.05) is 0 Å². The second-order valence-corrected chi connectivity index (χ2v) is 5.12. The first-order valence-electron chi connectivity index (χ1n) is 7.05. The Morgan fingerprint density at radius 3 is 2.91 bits per heavy atom. The number of rotatable bonds is 3. The Hall–Kier alpha value is -1.70. The smallest absolute Gasteiger partial charge is 0.254 e. The average Bonchev–Trinajstić information content (AvgIpc) is 3.09. The average molecular weight is 359 g/mol. The van der Waals surface area contributed by atoms with Gasteiger partial charge in [0.05, 0.1) is 0 Å². The highest BCUT2D eigenvalue weighted by Crippen LogP contribution is 2.14. The monoisotopic (exact) mass is 358 g/mol. The zero-order chi connectivity index (χ0) is 14.7. The molecule has 0 aliphatic carbocycles. The molecule has 1 aliphatic rings. The fraction of sp³-hybridized carbons (Fsp3) is 0.429. The second-order valence-electron chi connectivity index (χ2n) is 5.12. The maximum absolute atomic E-state index is 12.6. The summed E-state index contributed by atoms with van der Waals surface area (Å²) in [4.78, 5) is 22.6. The lowest BCUT2D eigenvalue weighted by atomic mass is 10.0. The number of piperidine rings is 1. The topological polar surface area (TPSA) is 75.9 Å². The van der Waals surface area contributed by atoms with E-state index in [1.54, 1.807) is 29.3 Å². The minimum absolute atomic E-state index is 0. The summed E-state index contributed by atoms with van der Waals surface area (Å²) >= 11 is 0. The van der Waals surface area contributed by atoms with E-state index in [1.807, 2.05) is 11.9 Å². The van der Waals surface area contributed by atoms with Gasteiger partial charge >= 0.3 is 0 Å². The van der Waals surface area contributed by atoms with Gasteiger partial charge in [-0.3, -0.25) is 4.79 Å². The molecule has 1 aliphatic heterocycles. The van der Waals surface area contributed by atoms with Crippen LogP contribution in [0.4, 0.5) is 0 Å². The number of likely N-dealkylation sites (tertiary alicyclic amines) is 1. The number of halogens is 2. The van der Waals surface area contributed by atoms with E-state index in [4.69, 9.17) is 0 Å². The molecular weight excluding hydrogens is 339 g/mol. The molecule has 0 spiro atoms. The van der Waals surface area contributed by atoms with E-state index in [9.17, 15) is 4.79 Å². The van der Waals surface area contributed by atoms with Crippen molar-refractivity contribution in [1.82, 2.24) is 30.0 Å². The van der Waals surface area contributed by atoms with Gasteiger partial charge in [0.1, 0.15) is 12.7 Å². The minimum atomic E-state index is 0. The Kier molecular flexibility index (Phi) is 7.41. The predicted octanol–water partition coefficient (Wildman–Crippen LogP) is 1.33. The van der Waals surface area contributed by atoms with Gasteiger partial charge in [-0.05, 0) is 32.0 Å². The molecule has 0 saturated carbocycles. The van der Waals surface area contributed by atoms with Crippen molar-refractivity contribution in [2.24, 2.45) is 0 Å². The number of hydrogen-bond acceptors (Lipinski definition) is 5. The Morgan fingerprint density at radius 2 is 2.22 bits per heavy atom. The third-order valence-corrected chi connectivity index (χ3v) is 3.76. The van der Waals surface area contributed by atoms with Crippen molar-refractivity contribution in [3.8, 4) is 5.82 Å². The summed E-state index contributed by atoms with van der Waals surface area (Å²) in [7, 11) is 1.94. The lowest BCUT2D eigenvalue weighted by molar-refractivity contribution is 0.0698. The molecule has 0 radical (unpaired) electrons. The van der Waals surface area contributed by atoms with Gasteiger partial charge < -0.3 is 10.2 Å². The van der Waals surface area contributed by atoms with Crippen LogP contribution in [0.15, 0.2) is 31.0 Å². The fourth-order valence-electron chi connectivity index (χ4n) is 2.58. The minimum Gasteiger partial charge on any atom is -0.337 e. The van der Waals surface area contributed by atoms with Crippen LogP contribution < -0.4 is 5.32 Å². The Balaban J connectivity index is 0.00000132. The van der Waals surface area contributed by atoms with E-state index in [0.29, 0.717) is 17.4 Å². The van der Waals surface area contributed by atoms with E-state index in [2.05, 4.69) is 20.4 Å². The van der Waals surface area contributed by atoms with Crippen LogP contribution in [0.5, 0.6) is 0 Å². The molecule has 2 aromatic heterocycles. The van der Waals surface area contributed by atoms with Crippen LogP contribution in [-0.4, -0.2) is 56.7 Å².